The van der Waals surface area contributed by atoms with Crippen LogP contribution in [0.25, 0.3) is 0 Å². The summed E-state index contributed by atoms with van der Waals surface area (Å²) in [6.45, 7) is 3.95. The van der Waals surface area contributed by atoms with Gasteiger partial charge in [-0.1, -0.05) is 32.6 Å². The van der Waals surface area contributed by atoms with E-state index in [0.29, 0.717) is 6.04 Å². The van der Waals surface area contributed by atoms with Gasteiger partial charge in [-0.05, 0) is 25.2 Å². The van der Waals surface area contributed by atoms with Crippen LogP contribution in [0.5, 0.6) is 0 Å². The van der Waals surface area contributed by atoms with Gasteiger partial charge in [-0.15, -0.1) is 0 Å². The van der Waals surface area contributed by atoms with Crippen molar-refractivity contribution < 1.29 is 4.79 Å². The molecule has 1 rings (SSSR count). The maximum absolute atomic E-state index is 11.0. The average molecular weight is 197 g/mol. The van der Waals surface area contributed by atoms with Gasteiger partial charge in [0.2, 0.25) is 5.91 Å². The van der Waals surface area contributed by atoms with Crippen LogP contribution in [0.15, 0.2) is 0 Å². The highest BCUT2D eigenvalue weighted by Gasteiger charge is 2.13. The summed E-state index contributed by atoms with van der Waals surface area (Å²) in [6.07, 6.45) is 8.96. The van der Waals surface area contributed by atoms with Crippen LogP contribution in [0.4, 0.5) is 0 Å². The normalized spacial score (nSPS) is 29.9. The number of carbonyl (C=O) groups excluding carboxylic acids is 1. The van der Waals surface area contributed by atoms with Gasteiger partial charge in [-0.25, -0.2) is 0 Å². The molecule has 82 valence electrons. The molecule has 1 aliphatic rings. The highest BCUT2D eigenvalue weighted by atomic mass is 16.1. The van der Waals surface area contributed by atoms with E-state index in [9.17, 15) is 4.79 Å². The summed E-state index contributed by atoms with van der Waals surface area (Å²) < 4.78 is 0. The first-order valence-electron chi connectivity index (χ1n) is 5.95. The van der Waals surface area contributed by atoms with Gasteiger partial charge in [-0.3, -0.25) is 4.79 Å². The molecule has 2 nitrogen and oxygen atoms in total. The van der Waals surface area contributed by atoms with Crippen molar-refractivity contribution in [2.75, 3.05) is 0 Å². The van der Waals surface area contributed by atoms with E-state index in [1.165, 1.54) is 44.9 Å². The van der Waals surface area contributed by atoms with E-state index in [1.54, 1.807) is 6.92 Å². The first kappa shape index (κ1) is 11.5. The SMILES string of the molecule is CC(=O)NC1CCCCCC(C)CC1. The summed E-state index contributed by atoms with van der Waals surface area (Å²) in [5.41, 5.74) is 0. The second-order valence-corrected chi connectivity index (χ2v) is 4.72. The Bertz CT molecular complexity index is 179. The average Bonchev–Trinajstić information content (AvgIpc) is 2.19. The molecule has 0 aliphatic heterocycles. The minimum Gasteiger partial charge on any atom is -0.354 e. The Hall–Kier alpha value is -0.530. The van der Waals surface area contributed by atoms with E-state index in [-0.39, 0.29) is 5.91 Å². The molecule has 1 saturated carbocycles. The Morgan fingerprint density at radius 1 is 1.07 bits per heavy atom. The molecule has 0 aromatic carbocycles. The van der Waals surface area contributed by atoms with E-state index in [2.05, 4.69) is 12.2 Å². The second-order valence-electron chi connectivity index (χ2n) is 4.72. The van der Waals surface area contributed by atoms with Gasteiger partial charge in [0, 0.05) is 13.0 Å². The van der Waals surface area contributed by atoms with Gasteiger partial charge in [0.15, 0.2) is 0 Å². The second kappa shape index (κ2) is 6.05. The molecule has 14 heavy (non-hydrogen) atoms. The maximum atomic E-state index is 11.0. The zero-order valence-electron chi connectivity index (χ0n) is 9.51. The molecule has 0 saturated heterocycles. The zero-order chi connectivity index (χ0) is 10.4. The molecule has 0 aromatic heterocycles. The van der Waals surface area contributed by atoms with Gasteiger partial charge in [0.05, 0.1) is 0 Å². The fraction of sp³-hybridized carbons (Fsp3) is 0.917. The van der Waals surface area contributed by atoms with Crippen molar-refractivity contribution in [1.82, 2.24) is 5.32 Å². The Morgan fingerprint density at radius 2 is 1.79 bits per heavy atom. The van der Waals surface area contributed by atoms with Crippen LogP contribution in [0.1, 0.15) is 58.8 Å². The Labute approximate surface area is 87.5 Å². The minimum atomic E-state index is 0.127. The molecule has 0 aromatic rings. The van der Waals surface area contributed by atoms with Crippen molar-refractivity contribution in [3.05, 3.63) is 0 Å². The lowest BCUT2D eigenvalue weighted by Gasteiger charge is -2.17. The standard InChI is InChI=1S/C12H23NO/c1-10-6-4-3-5-7-12(9-8-10)13-11(2)14/h10,12H,3-9H2,1-2H3,(H,13,14). The Balaban J connectivity index is 2.36. The molecular formula is C12H23NO. The molecule has 1 N–H and O–H groups in total. The van der Waals surface area contributed by atoms with E-state index in [0.717, 1.165) is 5.92 Å². The third-order valence-corrected chi connectivity index (χ3v) is 3.16. The number of hydrogen-bond donors (Lipinski definition) is 1. The highest BCUT2D eigenvalue weighted by molar-refractivity contribution is 5.73. The molecule has 2 unspecified atom stereocenters. The Morgan fingerprint density at radius 3 is 2.50 bits per heavy atom. The van der Waals surface area contributed by atoms with Crippen LogP contribution in [0.3, 0.4) is 0 Å². The predicted octanol–water partition coefficient (Wildman–Crippen LogP) is 2.87. The van der Waals surface area contributed by atoms with Crippen LogP contribution in [-0.4, -0.2) is 11.9 Å². The van der Waals surface area contributed by atoms with Gasteiger partial charge < -0.3 is 5.32 Å². The molecule has 0 spiro atoms. The van der Waals surface area contributed by atoms with Crippen LogP contribution in [0.2, 0.25) is 0 Å². The van der Waals surface area contributed by atoms with Crippen LogP contribution >= 0.6 is 0 Å². The summed E-state index contributed by atoms with van der Waals surface area (Å²) in [6, 6.07) is 0.438. The summed E-state index contributed by atoms with van der Waals surface area (Å²) in [5.74, 6) is 0.964. The van der Waals surface area contributed by atoms with Gasteiger partial charge in [-0.2, -0.15) is 0 Å². The minimum absolute atomic E-state index is 0.127. The highest BCUT2D eigenvalue weighted by Crippen LogP contribution is 2.21. The zero-order valence-corrected chi connectivity index (χ0v) is 9.51. The number of amides is 1. The van der Waals surface area contributed by atoms with Crippen molar-refractivity contribution in [3.8, 4) is 0 Å². The lowest BCUT2D eigenvalue weighted by atomic mass is 9.98. The Kier molecular flexibility index (Phi) is 4.99. The van der Waals surface area contributed by atoms with Crippen molar-refractivity contribution in [2.24, 2.45) is 5.92 Å². The fourth-order valence-electron chi connectivity index (χ4n) is 2.27. The molecule has 2 heteroatoms. The number of carbonyl (C=O) groups is 1. The monoisotopic (exact) mass is 197 g/mol. The van der Waals surface area contributed by atoms with Crippen LogP contribution < -0.4 is 5.32 Å². The van der Waals surface area contributed by atoms with Crippen molar-refractivity contribution in [3.63, 3.8) is 0 Å². The molecule has 0 heterocycles. The fourth-order valence-corrected chi connectivity index (χ4v) is 2.27. The third kappa shape index (κ3) is 4.64. The lowest BCUT2D eigenvalue weighted by molar-refractivity contribution is -0.119. The third-order valence-electron chi connectivity index (χ3n) is 3.16. The molecule has 0 radical (unpaired) electrons. The molecular weight excluding hydrogens is 174 g/mol. The van der Waals surface area contributed by atoms with Crippen molar-refractivity contribution in [2.45, 2.75) is 64.8 Å². The lowest BCUT2D eigenvalue weighted by Crippen LogP contribution is -2.33. The summed E-state index contributed by atoms with van der Waals surface area (Å²) in [5, 5.41) is 3.06. The smallest absolute Gasteiger partial charge is 0.217 e. The van der Waals surface area contributed by atoms with Crippen LogP contribution in [-0.2, 0) is 4.79 Å². The first-order chi connectivity index (χ1) is 6.68. The molecule has 1 fully saturated rings. The van der Waals surface area contributed by atoms with Crippen molar-refractivity contribution >= 4 is 5.91 Å². The van der Waals surface area contributed by atoms with Gasteiger partial charge >= 0.3 is 0 Å². The molecule has 1 amide bonds. The summed E-state index contributed by atoms with van der Waals surface area (Å²) in [4.78, 5) is 11.0. The summed E-state index contributed by atoms with van der Waals surface area (Å²) in [7, 11) is 0. The van der Waals surface area contributed by atoms with E-state index >= 15 is 0 Å². The molecule has 2 atom stereocenters. The maximum Gasteiger partial charge on any atom is 0.217 e. The first-order valence-corrected chi connectivity index (χ1v) is 5.95. The topological polar surface area (TPSA) is 29.1 Å². The van der Waals surface area contributed by atoms with E-state index in [4.69, 9.17) is 0 Å². The van der Waals surface area contributed by atoms with E-state index in [1.807, 2.05) is 0 Å². The van der Waals surface area contributed by atoms with Crippen molar-refractivity contribution in [1.29, 1.82) is 0 Å². The van der Waals surface area contributed by atoms with Crippen LogP contribution in [0, 0.1) is 5.92 Å². The van der Waals surface area contributed by atoms with E-state index < -0.39 is 0 Å². The largest absolute Gasteiger partial charge is 0.354 e. The molecule has 0 bridgehead atoms. The molecule has 1 aliphatic carbocycles. The summed E-state index contributed by atoms with van der Waals surface area (Å²) >= 11 is 0. The predicted molar refractivity (Wildman–Crippen MR) is 59.1 cm³/mol. The number of rotatable bonds is 1. The number of nitrogens with one attached hydrogen (secondary N) is 1. The van der Waals surface area contributed by atoms with Gasteiger partial charge in [0.25, 0.3) is 0 Å². The quantitative estimate of drug-likeness (QED) is 0.688. The van der Waals surface area contributed by atoms with Gasteiger partial charge in [0.1, 0.15) is 0 Å². The number of hydrogen-bond acceptors (Lipinski definition) is 1.